The SMILES string of the molecule is Cc1ccc(S(=O)(=O)Nc2ccc(N3CCOC(C)C3)cc2)c(C)c1. The third kappa shape index (κ3) is 4.14. The molecule has 0 amide bonds. The number of ether oxygens (including phenoxy) is 1. The van der Waals surface area contributed by atoms with Gasteiger partial charge in [0.25, 0.3) is 10.0 Å². The highest BCUT2D eigenvalue weighted by Gasteiger charge is 2.19. The van der Waals surface area contributed by atoms with Crippen LogP contribution < -0.4 is 9.62 Å². The molecule has 1 saturated heterocycles. The highest BCUT2D eigenvalue weighted by atomic mass is 32.2. The number of aryl methyl sites for hydroxylation is 2. The van der Waals surface area contributed by atoms with Crippen LogP contribution in [-0.4, -0.2) is 34.2 Å². The Morgan fingerprint density at radius 3 is 2.48 bits per heavy atom. The highest BCUT2D eigenvalue weighted by molar-refractivity contribution is 7.92. The van der Waals surface area contributed by atoms with Crippen molar-refractivity contribution in [1.29, 1.82) is 0 Å². The van der Waals surface area contributed by atoms with Gasteiger partial charge in [-0.25, -0.2) is 8.42 Å². The summed E-state index contributed by atoms with van der Waals surface area (Å²) in [6.45, 7) is 8.21. The average molecular weight is 360 g/mol. The van der Waals surface area contributed by atoms with Crippen LogP contribution in [0.15, 0.2) is 47.4 Å². The normalized spacial score (nSPS) is 18.2. The van der Waals surface area contributed by atoms with Crippen molar-refractivity contribution >= 4 is 21.4 Å². The first-order valence-electron chi connectivity index (χ1n) is 8.42. The standard InChI is InChI=1S/C19H24N2O3S/c1-14-4-9-19(15(2)12-14)25(22,23)20-17-5-7-18(8-6-17)21-10-11-24-16(3)13-21/h4-9,12,16,20H,10-11,13H2,1-3H3. The Balaban J connectivity index is 1.76. The molecule has 1 heterocycles. The lowest BCUT2D eigenvalue weighted by Crippen LogP contribution is -2.41. The summed E-state index contributed by atoms with van der Waals surface area (Å²) in [5.41, 5.74) is 3.42. The Hall–Kier alpha value is -2.05. The number of nitrogens with one attached hydrogen (secondary N) is 1. The Kier molecular flexibility index (Phi) is 5.01. The summed E-state index contributed by atoms with van der Waals surface area (Å²) in [6, 6.07) is 12.8. The largest absolute Gasteiger partial charge is 0.375 e. The topological polar surface area (TPSA) is 58.6 Å². The maximum absolute atomic E-state index is 12.6. The zero-order valence-corrected chi connectivity index (χ0v) is 15.6. The Morgan fingerprint density at radius 1 is 1.12 bits per heavy atom. The van der Waals surface area contributed by atoms with E-state index >= 15 is 0 Å². The van der Waals surface area contributed by atoms with E-state index in [2.05, 4.69) is 16.5 Å². The van der Waals surface area contributed by atoms with Crippen molar-refractivity contribution in [1.82, 2.24) is 0 Å². The van der Waals surface area contributed by atoms with E-state index in [9.17, 15) is 8.42 Å². The summed E-state index contributed by atoms with van der Waals surface area (Å²) in [4.78, 5) is 2.56. The molecule has 25 heavy (non-hydrogen) atoms. The van der Waals surface area contributed by atoms with Gasteiger partial charge in [0.2, 0.25) is 0 Å². The van der Waals surface area contributed by atoms with Gasteiger partial charge >= 0.3 is 0 Å². The van der Waals surface area contributed by atoms with Crippen LogP contribution in [-0.2, 0) is 14.8 Å². The summed E-state index contributed by atoms with van der Waals surface area (Å²) in [5.74, 6) is 0. The van der Waals surface area contributed by atoms with Crippen LogP contribution in [0.4, 0.5) is 11.4 Å². The van der Waals surface area contributed by atoms with Crippen LogP contribution in [0.1, 0.15) is 18.1 Å². The van der Waals surface area contributed by atoms with Crippen molar-refractivity contribution in [2.75, 3.05) is 29.3 Å². The van der Waals surface area contributed by atoms with Crippen molar-refractivity contribution in [2.45, 2.75) is 31.8 Å². The molecule has 1 aliphatic rings. The Labute approximate surface area is 149 Å². The number of nitrogens with zero attached hydrogens (tertiary/aromatic N) is 1. The molecule has 3 rings (SSSR count). The molecule has 134 valence electrons. The van der Waals surface area contributed by atoms with Crippen molar-refractivity contribution in [3.05, 3.63) is 53.6 Å². The number of benzene rings is 2. The smallest absolute Gasteiger partial charge is 0.262 e. The van der Waals surface area contributed by atoms with E-state index in [0.29, 0.717) is 17.2 Å². The van der Waals surface area contributed by atoms with E-state index < -0.39 is 10.0 Å². The molecule has 0 bridgehead atoms. The molecule has 0 spiro atoms. The molecule has 1 unspecified atom stereocenters. The number of hydrogen-bond donors (Lipinski definition) is 1. The second-order valence-corrected chi connectivity index (χ2v) is 8.20. The van der Waals surface area contributed by atoms with Gasteiger partial charge in [0, 0.05) is 24.5 Å². The van der Waals surface area contributed by atoms with Crippen molar-refractivity contribution in [3.8, 4) is 0 Å². The fourth-order valence-corrected chi connectivity index (χ4v) is 4.39. The first kappa shape index (κ1) is 17.8. The lowest BCUT2D eigenvalue weighted by molar-refractivity contribution is 0.0532. The van der Waals surface area contributed by atoms with E-state index in [1.165, 1.54) is 0 Å². The van der Waals surface area contributed by atoms with Gasteiger partial charge in [-0.05, 0) is 56.7 Å². The summed E-state index contributed by atoms with van der Waals surface area (Å²) < 4.78 is 33.5. The van der Waals surface area contributed by atoms with E-state index in [0.717, 1.165) is 29.9 Å². The molecular weight excluding hydrogens is 336 g/mol. The zero-order valence-electron chi connectivity index (χ0n) is 14.8. The van der Waals surface area contributed by atoms with Crippen LogP contribution in [0, 0.1) is 13.8 Å². The molecule has 0 radical (unpaired) electrons. The lowest BCUT2D eigenvalue weighted by Gasteiger charge is -2.33. The van der Waals surface area contributed by atoms with Crippen molar-refractivity contribution < 1.29 is 13.2 Å². The zero-order chi connectivity index (χ0) is 18.0. The van der Waals surface area contributed by atoms with Gasteiger partial charge in [-0.3, -0.25) is 4.72 Å². The van der Waals surface area contributed by atoms with E-state index in [1.54, 1.807) is 18.2 Å². The fourth-order valence-electron chi connectivity index (χ4n) is 3.10. The average Bonchev–Trinajstić information content (AvgIpc) is 2.54. The highest BCUT2D eigenvalue weighted by Crippen LogP contribution is 2.24. The molecule has 0 aliphatic carbocycles. The Bertz CT molecular complexity index is 847. The van der Waals surface area contributed by atoms with Crippen LogP contribution in [0.5, 0.6) is 0 Å². The Morgan fingerprint density at radius 2 is 1.84 bits per heavy atom. The third-order valence-corrected chi connectivity index (χ3v) is 5.89. The molecular formula is C19H24N2O3S. The summed E-state index contributed by atoms with van der Waals surface area (Å²) in [7, 11) is -3.59. The first-order valence-corrected chi connectivity index (χ1v) is 9.90. The number of anilines is 2. The predicted molar refractivity (Wildman–Crippen MR) is 101 cm³/mol. The molecule has 2 aromatic rings. The molecule has 1 atom stereocenters. The second-order valence-electron chi connectivity index (χ2n) is 6.55. The van der Waals surface area contributed by atoms with Gasteiger partial charge in [0.05, 0.1) is 17.6 Å². The number of rotatable bonds is 4. The van der Waals surface area contributed by atoms with E-state index in [-0.39, 0.29) is 6.10 Å². The molecule has 1 fully saturated rings. The molecule has 0 aromatic heterocycles. The third-order valence-electron chi connectivity index (χ3n) is 4.35. The minimum atomic E-state index is -3.59. The van der Waals surface area contributed by atoms with E-state index in [1.807, 2.05) is 38.1 Å². The predicted octanol–water partition coefficient (Wildman–Crippen LogP) is 3.33. The number of morpholine rings is 1. The molecule has 1 N–H and O–H groups in total. The molecule has 0 saturated carbocycles. The van der Waals surface area contributed by atoms with E-state index in [4.69, 9.17) is 4.74 Å². The van der Waals surface area contributed by atoms with Crippen molar-refractivity contribution in [3.63, 3.8) is 0 Å². The minimum absolute atomic E-state index is 0.205. The van der Waals surface area contributed by atoms with Gasteiger partial charge < -0.3 is 9.64 Å². The molecule has 2 aromatic carbocycles. The van der Waals surface area contributed by atoms with Crippen molar-refractivity contribution in [2.24, 2.45) is 0 Å². The first-order chi connectivity index (χ1) is 11.8. The molecule has 6 heteroatoms. The minimum Gasteiger partial charge on any atom is -0.375 e. The lowest BCUT2D eigenvalue weighted by atomic mass is 10.2. The van der Waals surface area contributed by atoms with Crippen LogP contribution >= 0.6 is 0 Å². The molecule has 1 aliphatic heterocycles. The maximum atomic E-state index is 12.6. The fraction of sp³-hybridized carbons (Fsp3) is 0.368. The van der Waals surface area contributed by atoms with Gasteiger partial charge in [-0.1, -0.05) is 17.7 Å². The van der Waals surface area contributed by atoms with Crippen LogP contribution in [0.25, 0.3) is 0 Å². The van der Waals surface area contributed by atoms with Gasteiger partial charge in [-0.15, -0.1) is 0 Å². The maximum Gasteiger partial charge on any atom is 0.262 e. The van der Waals surface area contributed by atoms with Gasteiger partial charge in [0.1, 0.15) is 0 Å². The quantitative estimate of drug-likeness (QED) is 0.909. The number of sulfonamides is 1. The summed E-state index contributed by atoms with van der Waals surface area (Å²) >= 11 is 0. The van der Waals surface area contributed by atoms with Crippen LogP contribution in [0.3, 0.4) is 0 Å². The molecule has 5 nitrogen and oxygen atoms in total. The monoisotopic (exact) mass is 360 g/mol. The summed E-state index contributed by atoms with van der Waals surface area (Å²) in [6.07, 6.45) is 0.205. The van der Waals surface area contributed by atoms with Gasteiger partial charge in [-0.2, -0.15) is 0 Å². The summed E-state index contributed by atoms with van der Waals surface area (Å²) in [5, 5.41) is 0. The van der Waals surface area contributed by atoms with Gasteiger partial charge in [0.15, 0.2) is 0 Å². The number of hydrogen-bond acceptors (Lipinski definition) is 4. The van der Waals surface area contributed by atoms with Crippen LogP contribution in [0.2, 0.25) is 0 Å². The second kappa shape index (κ2) is 7.06.